The molecule has 2 saturated heterocycles. The number of amides is 2. The number of carbonyl (C=O) groups is 2. The zero-order chi connectivity index (χ0) is 35.6. The van der Waals surface area contributed by atoms with Crippen LogP contribution < -0.4 is 10.0 Å². The summed E-state index contributed by atoms with van der Waals surface area (Å²) in [6.45, 7) is 13.0. The highest BCUT2D eigenvalue weighted by molar-refractivity contribution is 7.89. The lowest BCUT2D eigenvalue weighted by atomic mass is 9.43. The van der Waals surface area contributed by atoms with Gasteiger partial charge in [0.25, 0.3) is 0 Å². The van der Waals surface area contributed by atoms with Gasteiger partial charge in [-0.1, -0.05) is 103 Å². The van der Waals surface area contributed by atoms with Crippen molar-refractivity contribution in [2.24, 2.45) is 29.1 Å². The summed E-state index contributed by atoms with van der Waals surface area (Å²) in [5, 5.41) is 4.72. The lowest BCUT2D eigenvalue weighted by Crippen LogP contribution is -2.65. The van der Waals surface area contributed by atoms with Crippen LogP contribution in [-0.2, 0) is 28.9 Å². The van der Waals surface area contributed by atoms with Crippen LogP contribution in [0.15, 0.2) is 47.4 Å². The van der Waals surface area contributed by atoms with Crippen LogP contribution in [0.5, 0.6) is 0 Å². The van der Waals surface area contributed by atoms with Gasteiger partial charge in [0.1, 0.15) is 11.6 Å². The number of fused-ring (bicyclic) bond motifs is 1. The van der Waals surface area contributed by atoms with Crippen LogP contribution in [0, 0.1) is 29.1 Å². The quantitative estimate of drug-likeness (QED) is 0.268. The van der Waals surface area contributed by atoms with Crippen LogP contribution in [0.4, 0.5) is 0 Å². The summed E-state index contributed by atoms with van der Waals surface area (Å²) in [7, 11) is -4.65. The number of likely N-dealkylation sites (tertiary alicyclic amines) is 1. The van der Waals surface area contributed by atoms with E-state index in [0.29, 0.717) is 42.5 Å². The van der Waals surface area contributed by atoms with Crippen molar-refractivity contribution in [3.63, 3.8) is 0 Å². The minimum atomic E-state index is -4.09. The van der Waals surface area contributed by atoms with E-state index in [1.165, 1.54) is 6.42 Å². The Bertz CT molecular complexity index is 1720. The molecule has 2 N–H and O–H groups in total. The summed E-state index contributed by atoms with van der Waals surface area (Å²) in [6, 6.07) is 11.9. The molecule has 11 heteroatoms. The summed E-state index contributed by atoms with van der Waals surface area (Å²) in [5.41, 5.74) is -1.54. The molecule has 0 spiro atoms. The number of sulfonamides is 1. The van der Waals surface area contributed by atoms with Crippen molar-refractivity contribution in [1.29, 1.82) is 0 Å². The van der Waals surface area contributed by atoms with Gasteiger partial charge in [0.05, 0.1) is 22.5 Å². The average molecular weight is 706 g/mol. The number of hydrogen-bond acceptors (Lipinski definition) is 6. The minimum Gasteiger partial charge on any atom is -0.404 e. The fourth-order valence-electron chi connectivity index (χ4n) is 10.4. The van der Waals surface area contributed by atoms with E-state index in [1.54, 1.807) is 23.1 Å². The summed E-state index contributed by atoms with van der Waals surface area (Å²) < 4.78 is 44.5. The normalized spacial score (nSPS) is 32.2. The third-order valence-electron chi connectivity index (χ3n) is 13.8. The van der Waals surface area contributed by atoms with Gasteiger partial charge in [-0.05, 0) is 79.6 Å². The van der Waals surface area contributed by atoms with E-state index in [-0.39, 0.29) is 52.1 Å². The Hall–Kier alpha value is -2.47. The maximum absolute atomic E-state index is 14.7. The molecule has 272 valence electrons. The Morgan fingerprint density at radius 2 is 1.76 bits per heavy atom. The smallest absolute Gasteiger partial charge is 0.404 e. The topological polar surface area (TPSA) is 114 Å². The lowest BCUT2D eigenvalue weighted by Gasteiger charge is -2.64. The number of nitrogens with zero attached hydrogens (tertiary/aromatic N) is 1. The van der Waals surface area contributed by atoms with Gasteiger partial charge in [-0.25, -0.2) is 8.42 Å². The first-order chi connectivity index (χ1) is 23.7. The summed E-state index contributed by atoms with van der Waals surface area (Å²) in [4.78, 5) is 31.1. The first-order valence-corrected chi connectivity index (χ1v) is 20.7. The SMILES string of the molecule is CC[C@H](NC(=O)[C@H](CC1CCCCC1)N1CCC(NS(=O)(=O)c2cccc3ccccc23)(C(C)C)C1=O)B1OC2C[C@H]3C[C@H](C3(C)C)[C@]2(C)O1. The molecule has 50 heavy (non-hydrogen) atoms. The Morgan fingerprint density at radius 3 is 2.46 bits per heavy atom. The first kappa shape index (κ1) is 35.9. The molecule has 2 bridgehead atoms. The van der Waals surface area contributed by atoms with Crippen LogP contribution in [0.3, 0.4) is 0 Å². The summed E-state index contributed by atoms with van der Waals surface area (Å²) in [6.07, 6.45) is 9.09. The molecule has 2 amide bonds. The maximum Gasteiger partial charge on any atom is 0.481 e. The van der Waals surface area contributed by atoms with E-state index in [2.05, 4.69) is 30.8 Å². The largest absolute Gasteiger partial charge is 0.481 e. The Balaban J connectivity index is 1.13. The first-order valence-electron chi connectivity index (χ1n) is 19.2. The van der Waals surface area contributed by atoms with Crippen molar-refractivity contribution in [3.8, 4) is 0 Å². The van der Waals surface area contributed by atoms with Gasteiger partial charge >= 0.3 is 7.12 Å². The van der Waals surface area contributed by atoms with E-state index >= 15 is 0 Å². The molecule has 6 fully saturated rings. The third kappa shape index (κ3) is 5.92. The predicted molar refractivity (Wildman–Crippen MR) is 195 cm³/mol. The Kier molecular flexibility index (Phi) is 9.47. The zero-order valence-electron chi connectivity index (χ0n) is 30.7. The van der Waals surface area contributed by atoms with E-state index < -0.39 is 28.7 Å². The van der Waals surface area contributed by atoms with E-state index in [0.717, 1.165) is 43.9 Å². The molecule has 6 aliphatic rings. The predicted octanol–water partition coefficient (Wildman–Crippen LogP) is 6.25. The second-order valence-corrected chi connectivity index (χ2v) is 18.7. The molecule has 8 rings (SSSR count). The molecule has 4 aliphatic carbocycles. The summed E-state index contributed by atoms with van der Waals surface area (Å²) in [5.74, 6) is 0.132. The molecule has 4 saturated carbocycles. The molecule has 2 unspecified atom stereocenters. The highest BCUT2D eigenvalue weighted by Gasteiger charge is 2.68. The molecule has 2 aromatic rings. The molecule has 2 aromatic carbocycles. The highest BCUT2D eigenvalue weighted by Crippen LogP contribution is 2.65. The Labute approximate surface area is 299 Å². The van der Waals surface area contributed by atoms with Crippen molar-refractivity contribution >= 4 is 39.7 Å². The molecule has 2 aliphatic heterocycles. The van der Waals surface area contributed by atoms with Crippen molar-refractivity contribution in [2.45, 2.75) is 140 Å². The van der Waals surface area contributed by atoms with Crippen LogP contribution in [-0.4, -0.2) is 68.0 Å². The van der Waals surface area contributed by atoms with Gasteiger partial charge < -0.3 is 19.5 Å². The molecule has 0 radical (unpaired) electrons. The number of nitrogens with one attached hydrogen (secondary N) is 2. The minimum absolute atomic E-state index is 0.00911. The van der Waals surface area contributed by atoms with Crippen LogP contribution in [0.25, 0.3) is 10.8 Å². The monoisotopic (exact) mass is 705 g/mol. The van der Waals surface area contributed by atoms with E-state index in [9.17, 15) is 18.0 Å². The van der Waals surface area contributed by atoms with Crippen molar-refractivity contribution in [1.82, 2.24) is 14.9 Å². The van der Waals surface area contributed by atoms with Crippen LogP contribution in [0.2, 0.25) is 0 Å². The number of carbonyl (C=O) groups excluding carboxylic acids is 2. The van der Waals surface area contributed by atoms with Crippen molar-refractivity contribution in [2.75, 3.05) is 6.54 Å². The van der Waals surface area contributed by atoms with E-state index in [1.807, 2.05) is 45.0 Å². The molecule has 9 nitrogen and oxygen atoms in total. The van der Waals surface area contributed by atoms with Gasteiger partial charge in [0.15, 0.2) is 0 Å². The Morgan fingerprint density at radius 1 is 1.04 bits per heavy atom. The molecule has 7 atom stereocenters. The molecule has 2 heterocycles. The van der Waals surface area contributed by atoms with Gasteiger partial charge in [0, 0.05) is 11.9 Å². The molecular weight excluding hydrogens is 649 g/mol. The highest BCUT2D eigenvalue weighted by atomic mass is 32.2. The molecule has 0 aromatic heterocycles. The van der Waals surface area contributed by atoms with Crippen LogP contribution >= 0.6 is 0 Å². The number of benzene rings is 2. The average Bonchev–Trinajstić information content (AvgIpc) is 3.62. The fraction of sp³-hybridized carbons (Fsp3) is 0.692. The van der Waals surface area contributed by atoms with Crippen LogP contribution in [0.1, 0.15) is 106 Å². The lowest BCUT2D eigenvalue weighted by molar-refractivity contribution is -0.199. The van der Waals surface area contributed by atoms with Gasteiger partial charge in [-0.15, -0.1) is 0 Å². The van der Waals surface area contributed by atoms with Gasteiger partial charge in [-0.2, -0.15) is 4.72 Å². The number of hydrogen-bond donors (Lipinski definition) is 2. The van der Waals surface area contributed by atoms with Crippen molar-refractivity contribution < 1.29 is 27.3 Å². The second kappa shape index (κ2) is 13.2. The molecular formula is C39H56BN3O6S. The zero-order valence-corrected chi connectivity index (χ0v) is 31.6. The second-order valence-electron chi connectivity index (χ2n) is 17.1. The third-order valence-corrected chi connectivity index (χ3v) is 15.3. The number of rotatable bonds is 11. The standard InChI is InChI=1S/C39H56BN3O6S/c1-7-34(40-48-33-24-28-23-32(37(28,4)5)38(33,6)49-40)41-35(44)30(22-26-14-9-8-10-15-26)43-21-20-39(25(2)3,36(43)45)42-50(46,47)31-19-13-17-27-16-11-12-18-29(27)31/h11-13,16-19,25-26,28,30,32-34,42H,7-10,14-15,20-24H2,1-6H3,(H,41,44)/t28-,30+,32-,33?,34+,38+,39?/m1/s1. The maximum atomic E-state index is 14.7. The summed E-state index contributed by atoms with van der Waals surface area (Å²) >= 11 is 0. The van der Waals surface area contributed by atoms with Gasteiger partial charge in [0.2, 0.25) is 21.8 Å². The fourth-order valence-corrected chi connectivity index (χ4v) is 12.1. The van der Waals surface area contributed by atoms with E-state index in [4.69, 9.17) is 9.31 Å². The van der Waals surface area contributed by atoms with Gasteiger partial charge in [-0.3, -0.25) is 9.59 Å². The van der Waals surface area contributed by atoms with Crippen molar-refractivity contribution in [3.05, 3.63) is 42.5 Å².